The van der Waals surface area contributed by atoms with Crippen LogP contribution in [0.25, 0.3) is 5.69 Å². The molecule has 3 aromatic carbocycles. The molecule has 0 aliphatic rings. The molecule has 0 fully saturated rings. The minimum atomic E-state index is -4.09. The Bertz CT molecular complexity index is 1620. The van der Waals surface area contributed by atoms with Crippen LogP contribution in [0.2, 0.25) is 10.0 Å². The van der Waals surface area contributed by atoms with E-state index in [0.29, 0.717) is 0 Å². The molecule has 0 saturated heterocycles. The molecule has 0 bridgehead atoms. The first-order valence-electron chi connectivity index (χ1n) is 11.4. The summed E-state index contributed by atoms with van der Waals surface area (Å²) < 4.78 is 30.9. The molecule has 4 aromatic rings. The van der Waals surface area contributed by atoms with Gasteiger partial charge in [-0.2, -0.15) is 5.10 Å². The third-order valence-corrected chi connectivity index (χ3v) is 8.76. The Morgan fingerprint density at radius 1 is 1.00 bits per heavy atom. The van der Waals surface area contributed by atoms with Crippen molar-refractivity contribution >= 4 is 67.0 Å². The fourth-order valence-corrected chi connectivity index (χ4v) is 6.06. The number of aryl methyl sites for hydroxylation is 1. The van der Waals surface area contributed by atoms with Crippen molar-refractivity contribution in [2.24, 2.45) is 5.10 Å². The number of hydrogen-bond acceptors (Lipinski definition) is 4. The van der Waals surface area contributed by atoms with E-state index in [4.69, 9.17) is 23.2 Å². The summed E-state index contributed by atoms with van der Waals surface area (Å²) in [7, 11) is -4.09. The van der Waals surface area contributed by atoms with Gasteiger partial charge in [0.2, 0.25) is 0 Å². The van der Waals surface area contributed by atoms with Crippen LogP contribution in [0.1, 0.15) is 17.0 Å². The van der Waals surface area contributed by atoms with Gasteiger partial charge in [0, 0.05) is 27.1 Å². The second-order valence-corrected chi connectivity index (χ2v) is 12.0. The molecule has 1 N–H and O–H groups in total. The summed E-state index contributed by atoms with van der Waals surface area (Å²) in [6.07, 6.45) is 1.53. The van der Waals surface area contributed by atoms with Crippen LogP contribution in [0.4, 0.5) is 5.69 Å². The van der Waals surface area contributed by atoms with Crippen LogP contribution in [-0.4, -0.2) is 31.7 Å². The van der Waals surface area contributed by atoms with E-state index in [1.54, 1.807) is 18.2 Å². The number of nitrogens with one attached hydrogen (secondary N) is 1. The molecule has 0 spiro atoms. The lowest BCUT2D eigenvalue weighted by Gasteiger charge is -2.24. The van der Waals surface area contributed by atoms with Gasteiger partial charge in [-0.25, -0.2) is 13.8 Å². The number of carbonyl (C=O) groups excluding carboxylic acids is 1. The van der Waals surface area contributed by atoms with Gasteiger partial charge in [0.15, 0.2) is 0 Å². The van der Waals surface area contributed by atoms with Crippen molar-refractivity contribution in [2.75, 3.05) is 10.8 Å². The van der Waals surface area contributed by atoms with Gasteiger partial charge < -0.3 is 4.57 Å². The highest BCUT2D eigenvalue weighted by Gasteiger charge is 2.27. The van der Waals surface area contributed by atoms with Crippen LogP contribution in [0, 0.1) is 13.8 Å². The third kappa shape index (κ3) is 6.13. The first kappa shape index (κ1) is 27.9. The van der Waals surface area contributed by atoms with E-state index >= 15 is 0 Å². The summed E-state index contributed by atoms with van der Waals surface area (Å²) in [5.41, 5.74) is 6.35. The summed E-state index contributed by atoms with van der Waals surface area (Å²) in [4.78, 5) is 12.9. The van der Waals surface area contributed by atoms with Crippen molar-refractivity contribution in [3.63, 3.8) is 0 Å². The standard InChI is InChI=1S/C27H23BrCl2N4O3S/c1-18-13-20(19(2)34(18)23-8-6-7-21(28)14-23)16-31-32-27(35)17-33(22-11-12-25(29)26(30)15-22)38(36,37)24-9-4-3-5-10-24/h3-16H,17H2,1-2H3,(H,32,35)/b31-16-. The summed E-state index contributed by atoms with van der Waals surface area (Å²) in [5, 5.41) is 4.51. The van der Waals surface area contributed by atoms with Gasteiger partial charge >= 0.3 is 0 Å². The number of aromatic nitrogens is 1. The number of nitrogens with zero attached hydrogens (tertiary/aromatic N) is 3. The number of anilines is 1. The normalized spacial score (nSPS) is 11.6. The number of halogens is 3. The van der Waals surface area contributed by atoms with Crippen molar-refractivity contribution < 1.29 is 13.2 Å². The lowest BCUT2D eigenvalue weighted by molar-refractivity contribution is -0.119. The predicted molar refractivity (Wildman–Crippen MR) is 156 cm³/mol. The van der Waals surface area contributed by atoms with E-state index in [9.17, 15) is 13.2 Å². The zero-order chi connectivity index (χ0) is 27.4. The molecule has 11 heteroatoms. The minimum Gasteiger partial charge on any atom is -0.318 e. The fraction of sp³-hybridized carbons (Fsp3) is 0.111. The highest BCUT2D eigenvalue weighted by atomic mass is 79.9. The molecule has 1 aromatic heterocycles. The van der Waals surface area contributed by atoms with Gasteiger partial charge in [-0.15, -0.1) is 0 Å². The predicted octanol–water partition coefficient (Wildman–Crippen LogP) is 6.51. The number of hydrazone groups is 1. The van der Waals surface area contributed by atoms with Crippen LogP contribution in [0.15, 0.2) is 93.3 Å². The Labute approximate surface area is 239 Å². The lowest BCUT2D eigenvalue weighted by atomic mass is 10.2. The number of benzene rings is 3. The molecule has 0 aliphatic heterocycles. The van der Waals surface area contributed by atoms with E-state index in [-0.39, 0.29) is 20.6 Å². The molecular formula is C27H23BrCl2N4O3S. The molecule has 0 atom stereocenters. The second kappa shape index (κ2) is 11.7. The largest absolute Gasteiger partial charge is 0.318 e. The lowest BCUT2D eigenvalue weighted by Crippen LogP contribution is -2.39. The molecular weight excluding hydrogens is 611 g/mol. The Balaban J connectivity index is 1.56. The van der Waals surface area contributed by atoms with Gasteiger partial charge in [0.25, 0.3) is 15.9 Å². The molecule has 1 amide bonds. The van der Waals surface area contributed by atoms with Crippen molar-refractivity contribution in [3.8, 4) is 5.69 Å². The van der Waals surface area contributed by atoms with Crippen molar-refractivity contribution in [2.45, 2.75) is 18.7 Å². The van der Waals surface area contributed by atoms with E-state index in [0.717, 1.165) is 31.4 Å². The molecule has 0 radical (unpaired) electrons. The smallest absolute Gasteiger partial charge is 0.264 e. The molecule has 0 unspecified atom stereocenters. The number of hydrogen-bond donors (Lipinski definition) is 1. The molecule has 0 aliphatic carbocycles. The van der Waals surface area contributed by atoms with E-state index < -0.39 is 22.5 Å². The summed E-state index contributed by atoms with van der Waals surface area (Å²) in [6.45, 7) is 3.41. The highest BCUT2D eigenvalue weighted by molar-refractivity contribution is 9.10. The minimum absolute atomic E-state index is 0.0300. The van der Waals surface area contributed by atoms with Crippen LogP contribution in [0.3, 0.4) is 0 Å². The number of carbonyl (C=O) groups is 1. The van der Waals surface area contributed by atoms with Gasteiger partial charge in [-0.1, -0.05) is 63.4 Å². The number of rotatable bonds is 8. The van der Waals surface area contributed by atoms with Crippen molar-refractivity contribution in [1.29, 1.82) is 0 Å². The van der Waals surface area contributed by atoms with Gasteiger partial charge in [0.05, 0.1) is 26.8 Å². The maximum Gasteiger partial charge on any atom is 0.264 e. The van der Waals surface area contributed by atoms with Crippen LogP contribution >= 0.6 is 39.1 Å². The van der Waals surface area contributed by atoms with E-state index in [1.165, 1.54) is 36.5 Å². The zero-order valence-corrected chi connectivity index (χ0v) is 24.3. The quantitative estimate of drug-likeness (QED) is 0.177. The number of amides is 1. The van der Waals surface area contributed by atoms with Gasteiger partial charge in [0.1, 0.15) is 6.54 Å². The average Bonchev–Trinajstić information content (AvgIpc) is 3.17. The molecule has 196 valence electrons. The zero-order valence-electron chi connectivity index (χ0n) is 20.4. The fourth-order valence-electron chi connectivity index (χ4n) is 3.95. The average molecular weight is 634 g/mol. The Morgan fingerprint density at radius 2 is 1.74 bits per heavy atom. The van der Waals surface area contributed by atoms with E-state index in [1.807, 2.05) is 44.2 Å². The van der Waals surface area contributed by atoms with Crippen LogP contribution < -0.4 is 9.73 Å². The first-order chi connectivity index (χ1) is 18.1. The van der Waals surface area contributed by atoms with Crippen molar-refractivity contribution in [1.82, 2.24) is 9.99 Å². The summed E-state index contributed by atoms with van der Waals surface area (Å²) >= 11 is 15.7. The van der Waals surface area contributed by atoms with Gasteiger partial charge in [-0.05, 0) is 68.4 Å². The monoisotopic (exact) mass is 632 g/mol. The molecule has 4 rings (SSSR count). The van der Waals surface area contributed by atoms with E-state index in [2.05, 4.69) is 31.0 Å². The Morgan fingerprint density at radius 3 is 2.42 bits per heavy atom. The molecule has 0 saturated carbocycles. The Hall–Kier alpha value is -3.11. The van der Waals surface area contributed by atoms with Crippen LogP contribution in [0.5, 0.6) is 0 Å². The summed E-state index contributed by atoms with van der Waals surface area (Å²) in [5.74, 6) is -0.632. The third-order valence-electron chi connectivity index (χ3n) is 5.74. The first-order valence-corrected chi connectivity index (χ1v) is 14.4. The van der Waals surface area contributed by atoms with Crippen molar-refractivity contribution in [3.05, 3.63) is 110 Å². The molecule has 7 nitrogen and oxygen atoms in total. The Kier molecular flexibility index (Phi) is 8.62. The second-order valence-electron chi connectivity index (χ2n) is 8.36. The molecule has 38 heavy (non-hydrogen) atoms. The SMILES string of the molecule is Cc1cc(/C=N\NC(=O)CN(c2ccc(Cl)c(Cl)c2)S(=O)(=O)c2ccccc2)c(C)n1-c1cccc(Br)c1. The maximum atomic E-state index is 13.4. The maximum absolute atomic E-state index is 13.4. The topological polar surface area (TPSA) is 83.8 Å². The summed E-state index contributed by atoms with van der Waals surface area (Å²) in [6, 6.07) is 22.1. The highest BCUT2D eigenvalue weighted by Crippen LogP contribution is 2.30. The molecule has 1 heterocycles. The van der Waals surface area contributed by atoms with Gasteiger partial charge in [-0.3, -0.25) is 9.10 Å². The number of sulfonamides is 1. The van der Waals surface area contributed by atoms with Crippen LogP contribution in [-0.2, 0) is 14.8 Å².